The van der Waals surface area contributed by atoms with E-state index in [1.807, 2.05) is 23.6 Å². The van der Waals surface area contributed by atoms with Crippen molar-refractivity contribution in [2.24, 2.45) is 5.84 Å². The highest BCUT2D eigenvalue weighted by Gasteiger charge is 2.15. The summed E-state index contributed by atoms with van der Waals surface area (Å²) in [6.45, 7) is 0. The molecule has 2 aromatic heterocycles. The third kappa shape index (κ3) is 2.85. The van der Waals surface area contributed by atoms with Crippen LogP contribution in [-0.4, -0.2) is 0 Å². The second-order valence-electron chi connectivity index (χ2n) is 3.26. The Balaban J connectivity index is 2.15. The SMILES string of the molecule is NNC(Cc1ccc(Cl)s1)c1sccc1Br. The molecule has 0 aliphatic carbocycles. The second-order valence-corrected chi connectivity index (χ2v) is 6.86. The van der Waals surface area contributed by atoms with Crippen LogP contribution in [0.1, 0.15) is 15.8 Å². The number of nitrogens with two attached hydrogens (primary N) is 1. The molecule has 2 nitrogen and oxygen atoms in total. The molecule has 16 heavy (non-hydrogen) atoms. The number of nitrogens with one attached hydrogen (secondary N) is 1. The number of hydrazine groups is 1. The van der Waals surface area contributed by atoms with Crippen LogP contribution in [0.15, 0.2) is 28.1 Å². The highest BCUT2D eigenvalue weighted by atomic mass is 79.9. The fourth-order valence-electron chi connectivity index (χ4n) is 1.44. The Morgan fingerprint density at radius 2 is 2.25 bits per heavy atom. The molecule has 1 unspecified atom stereocenters. The molecule has 1 atom stereocenters. The standard InChI is InChI=1S/C10H10BrClN2S2/c11-7-3-4-15-10(7)8(14-13)5-6-1-2-9(12)16-6/h1-4,8,14H,5,13H2. The van der Waals surface area contributed by atoms with Crippen LogP contribution in [0.5, 0.6) is 0 Å². The lowest BCUT2D eigenvalue weighted by atomic mass is 10.1. The summed E-state index contributed by atoms with van der Waals surface area (Å²) >= 11 is 12.7. The maximum absolute atomic E-state index is 5.90. The zero-order valence-electron chi connectivity index (χ0n) is 8.24. The largest absolute Gasteiger partial charge is 0.271 e. The number of halogens is 2. The Kier molecular flexibility index (Phi) is 4.41. The lowest BCUT2D eigenvalue weighted by Crippen LogP contribution is -2.28. The van der Waals surface area contributed by atoms with E-state index < -0.39 is 0 Å². The lowest BCUT2D eigenvalue weighted by molar-refractivity contribution is 0.563. The zero-order chi connectivity index (χ0) is 11.5. The first-order valence-corrected chi connectivity index (χ1v) is 7.50. The maximum Gasteiger partial charge on any atom is 0.0931 e. The molecule has 0 bridgehead atoms. The molecule has 0 aromatic carbocycles. The Hall–Kier alpha value is 0.0900. The van der Waals surface area contributed by atoms with Crippen LogP contribution in [0.4, 0.5) is 0 Å². The second kappa shape index (κ2) is 5.62. The van der Waals surface area contributed by atoms with Crippen molar-refractivity contribution in [2.45, 2.75) is 12.5 Å². The van der Waals surface area contributed by atoms with E-state index in [-0.39, 0.29) is 6.04 Å². The first-order chi connectivity index (χ1) is 7.70. The summed E-state index contributed by atoms with van der Waals surface area (Å²) in [5.41, 5.74) is 2.85. The van der Waals surface area contributed by atoms with Gasteiger partial charge in [0.25, 0.3) is 0 Å². The lowest BCUT2D eigenvalue weighted by Gasteiger charge is -2.13. The van der Waals surface area contributed by atoms with Crippen LogP contribution < -0.4 is 11.3 Å². The molecule has 0 amide bonds. The molecule has 3 N–H and O–H groups in total. The maximum atomic E-state index is 5.90. The van der Waals surface area contributed by atoms with Gasteiger partial charge in [-0.1, -0.05) is 11.6 Å². The first-order valence-electron chi connectivity index (χ1n) is 4.64. The normalized spacial score (nSPS) is 12.9. The predicted octanol–water partition coefficient (Wildman–Crippen LogP) is 3.97. The van der Waals surface area contributed by atoms with E-state index in [4.69, 9.17) is 17.4 Å². The Morgan fingerprint density at radius 1 is 1.44 bits per heavy atom. The van der Waals surface area contributed by atoms with Crippen molar-refractivity contribution in [3.8, 4) is 0 Å². The molecule has 86 valence electrons. The summed E-state index contributed by atoms with van der Waals surface area (Å²) in [6, 6.07) is 6.12. The molecular weight excluding hydrogens is 328 g/mol. The van der Waals surface area contributed by atoms with E-state index in [0.717, 1.165) is 15.2 Å². The van der Waals surface area contributed by atoms with E-state index in [1.165, 1.54) is 9.75 Å². The van der Waals surface area contributed by atoms with Gasteiger partial charge >= 0.3 is 0 Å². The molecule has 0 saturated carbocycles. The van der Waals surface area contributed by atoms with Crippen molar-refractivity contribution in [1.82, 2.24) is 5.43 Å². The predicted molar refractivity (Wildman–Crippen MR) is 75.1 cm³/mol. The number of rotatable bonds is 4. The smallest absolute Gasteiger partial charge is 0.0931 e. The molecule has 0 saturated heterocycles. The van der Waals surface area contributed by atoms with Crippen LogP contribution in [0.3, 0.4) is 0 Å². The van der Waals surface area contributed by atoms with Crippen molar-refractivity contribution in [1.29, 1.82) is 0 Å². The van der Waals surface area contributed by atoms with Crippen LogP contribution in [0, 0.1) is 0 Å². The average Bonchev–Trinajstić information content (AvgIpc) is 2.84. The highest BCUT2D eigenvalue weighted by molar-refractivity contribution is 9.10. The minimum atomic E-state index is 0.129. The summed E-state index contributed by atoms with van der Waals surface area (Å²) in [4.78, 5) is 2.44. The van der Waals surface area contributed by atoms with Crippen molar-refractivity contribution < 1.29 is 0 Å². The third-order valence-electron chi connectivity index (χ3n) is 2.20. The van der Waals surface area contributed by atoms with Gasteiger partial charge in [0.1, 0.15) is 0 Å². The molecule has 0 radical (unpaired) electrons. The van der Waals surface area contributed by atoms with Crippen molar-refractivity contribution in [2.75, 3.05) is 0 Å². The average molecular weight is 338 g/mol. The molecule has 2 rings (SSSR count). The van der Waals surface area contributed by atoms with Crippen LogP contribution in [-0.2, 0) is 6.42 Å². The van der Waals surface area contributed by atoms with E-state index in [9.17, 15) is 0 Å². The molecule has 0 fully saturated rings. The number of hydrogen-bond acceptors (Lipinski definition) is 4. The van der Waals surface area contributed by atoms with Gasteiger partial charge in [0.15, 0.2) is 0 Å². The summed E-state index contributed by atoms with van der Waals surface area (Å²) in [5.74, 6) is 5.59. The van der Waals surface area contributed by atoms with Gasteiger partial charge in [-0.2, -0.15) is 0 Å². The van der Waals surface area contributed by atoms with Crippen LogP contribution in [0.2, 0.25) is 4.34 Å². The van der Waals surface area contributed by atoms with E-state index in [1.54, 1.807) is 22.7 Å². The van der Waals surface area contributed by atoms with Gasteiger partial charge in [-0.15, -0.1) is 22.7 Å². The molecule has 0 spiro atoms. The highest BCUT2D eigenvalue weighted by Crippen LogP contribution is 2.32. The van der Waals surface area contributed by atoms with Gasteiger partial charge in [-0.05, 0) is 39.5 Å². The van der Waals surface area contributed by atoms with Gasteiger partial charge in [0.2, 0.25) is 0 Å². The zero-order valence-corrected chi connectivity index (χ0v) is 12.2. The van der Waals surface area contributed by atoms with Gasteiger partial charge in [0.05, 0.1) is 10.4 Å². The Bertz CT molecular complexity index is 469. The minimum Gasteiger partial charge on any atom is -0.271 e. The number of hydrogen-bond donors (Lipinski definition) is 2. The summed E-state index contributed by atoms with van der Waals surface area (Å²) in [7, 11) is 0. The van der Waals surface area contributed by atoms with Gasteiger partial charge in [-0.3, -0.25) is 11.3 Å². The minimum absolute atomic E-state index is 0.129. The Labute approximate surface area is 116 Å². The van der Waals surface area contributed by atoms with Crippen molar-refractivity contribution in [3.05, 3.63) is 42.1 Å². The summed E-state index contributed by atoms with van der Waals surface area (Å²) in [6.07, 6.45) is 0.854. The summed E-state index contributed by atoms with van der Waals surface area (Å²) in [5, 5.41) is 2.05. The van der Waals surface area contributed by atoms with E-state index in [0.29, 0.717) is 0 Å². The van der Waals surface area contributed by atoms with Crippen LogP contribution in [0.25, 0.3) is 0 Å². The molecule has 2 aromatic rings. The fourth-order valence-corrected chi connectivity index (χ4v) is 4.29. The topological polar surface area (TPSA) is 38.0 Å². The van der Waals surface area contributed by atoms with E-state index >= 15 is 0 Å². The fraction of sp³-hybridized carbons (Fsp3) is 0.200. The molecular formula is C10H10BrClN2S2. The quantitative estimate of drug-likeness (QED) is 0.654. The van der Waals surface area contributed by atoms with Gasteiger partial charge in [0, 0.05) is 20.6 Å². The monoisotopic (exact) mass is 336 g/mol. The van der Waals surface area contributed by atoms with Gasteiger partial charge in [-0.25, -0.2) is 0 Å². The summed E-state index contributed by atoms with van der Waals surface area (Å²) < 4.78 is 1.92. The van der Waals surface area contributed by atoms with Crippen molar-refractivity contribution >= 4 is 50.2 Å². The van der Waals surface area contributed by atoms with E-state index in [2.05, 4.69) is 21.4 Å². The third-order valence-corrected chi connectivity index (χ3v) is 5.43. The van der Waals surface area contributed by atoms with Crippen molar-refractivity contribution in [3.63, 3.8) is 0 Å². The molecule has 2 heterocycles. The van der Waals surface area contributed by atoms with Crippen LogP contribution >= 0.6 is 50.2 Å². The first kappa shape index (κ1) is 12.5. The molecule has 0 aliphatic rings. The van der Waals surface area contributed by atoms with Gasteiger partial charge < -0.3 is 0 Å². The molecule has 0 aliphatic heterocycles. The molecule has 6 heteroatoms. The number of thiophene rings is 2. The Morgan fingerprint density at radius 3 is 2.75 bits per heavy atom.